The molecule has 0 amide bonds. The summed E-state index contributed by atoms with van der Waals surface area (Å²) in [6, 6.07) is 13.9. The van der Waals surface area contributed by atoms with Gasteiger partial charge in [-0.25, -0.2) is 0 Å². The number of hydrogen-bond donors (Lipinski definition) is 1. The average molecular weight is 573 g/mol. The molecular weight excluding hydrogens is 542 g/mol. The first-order valence-electron chi connectivity index (χ1n) is 11.4. The van der Waals surface area contributed by atoms with Crippen molar-refractivity contribution in [3.63, 3.8) is 0 Å². The van der Waals surface area contributed by atoms with Crippen molar-refractivity contribution >= 4 is 28.6 Å². The summed E-state index contributed by atoms with van der Waals surface area (Å²) in [5.41, 5.74) is 1.35. The standard InChI is InChI=1S/C26H31F3INO2/c1-17(2)3-12-23(19-6-10-22(30)11-7-19)31-14-13-18(16-25(32)33)15-24(31)20-4-8-21(9-5-20)26(27,28)29/h4-11,17-18,23-24H,3,12-16H2,1-2H3,(H,32,33)/t18-,23-,24+/m0/s1. The van der Waals surface area contributed by atoms with Crippen LogP contribution in [0.5, 0.6) is 0 Å². The van der Waals surface area contributed by atoms with Crippen LogP contribution in [-0.2, 0) is 11.0 Å². The quantitative estimate of drug-likeness (QED) is 0.329. The molecule has 1 saturated heterocycles. The number of piperidine rings is 1. The van der Waals surface area contributed by atoms with E-state index in [2.05, 4.69) is 65.6 Å². The van der Waals surface area contributed by atoms with Gasteiger partial charge < -0.3 is 5.11 Å². The molecule has 2 aromatic carbocycles. The molecule has 180 valence electrons. The van der Waals surface area contributed by atoms with Gasteiger partial charge in [0.25, 0.3) is 0 Å². The minimum Gasteiger partial charge on any atom is -0.481 e. The molecule has 2 aromatic rings. The van der Waals surface area contributed by atoms with E-state index < -0.39 is 17.7 Å². The highest BCUT2D eigenvalue weighted by Gasteiger charge is 2.36. The Morgan fingerprint density at radius 3 is 2.27 bits per heavy atom. The van der Waals surface area contributed by atoms with E-state index in [1.807, 2.05) is 0 Å². The highest BCUT2D eigenvalue weighted by atomic mass is 127. The average Bonchev–Trinajstić information content (AvgIpc) is 2.74. The van der Waals surface area contributed by atoms with Crippen molar-refractivity contribution in [2.75, 3.05) is 6.54 Å². The lowest BCUT2D eigenvalue weighted by Gasteiger charge is -2.44. The van der Waals surface area contributed by atoms with E-state index >= 15 is 0 Å². The zero-order chi connectivity index (χ0) is 24.2. The van der Waals surface area contributed by atoms with Gasteiger partial charge in [0.2, 0.25) is 0 Å². The summed E-state index contributed by atoms with van der Waals surface area (Å²) < 4.78 is 40.5. The number of nitrogens with zero attached hydrogens (tertiary/aromatic N) is 1. The molecule has 0 aliphatic carbocycles. The lowest BCUT2D eigenvalue weighted by atomic mass is 9.82. The van der Waals surface area contributed by atoms with E-state index in [4.69, 9.17) is 0 Å². The summed E-state index contributed by atoms with van der Waals surface area (Å²) in [6.45, 7) is 5.10. The first-order valence-corrected chi connectivity index (χ1v) is 12.5. The number of hydrogen-bond acceptors (Lipinski definition) is 2. The second-order valence-corrected chi connectivity index (χ2v) is 10.6. The largest absolute Gasteiger partial charge is 0.481 e. The third kappa shape index (κ3) is 7.18. The minimum atomic E-state index is -4.38. The van der Waals surface area contributed by atoms with Crippen molar-refractivity contribution in [1.82, 2.24) is 4.90 Å². The molecule has 1 aliphatic rings. The molecule has 33 heavy (non-hydrogen) atoms. The maximum absolute atomic E-state index is 13.1. The van der Waals surface area contributed by atoms with Crippen LogP contribution in [0, 0.1) is 15.4 Å². The van der Waals surface area contributed by atoms with Gasteiger partial charge in [-0.15, -0.1) is 0 Å². The molecular formula is C26H31F3INO2. The Kier molecular flexibility index (Phi) is 8.83. The highest BCUT2D eigenvalue weighted by Crippen LogP contribution is 2.43. The Bertz CT molecular complexity index is 913. The smallest absolute Gasteiger partial charge is 0.416 e. The van der Waals surface area contributed by atoms with Gasteiger partial charge in [-0.3, -0.25) is 9.69 Å². The van der Waals surface area contributed by atoms with Gasteiger partial charge in [0.1, 0.15) is 0 Å². The van der Waals surface area contributed by atoms with Crippen molar-refractivity contribution in [2.45, 2.75) is 64.2 Å². The van der Waals surface area contributed by atoms with E-state index in [-0.39, 0.29) is 24.4 Å². The molecule has 7 heteroatoms. The van der Waals surface area contributed by atoms with Crippen LogP contribution in [-0.4, -0.2) is 22.5 Å². The predicted octanol–water partition coefficient (Wildman–Crippen LogP) is 7.72. The van der Waals surface area contributed by atoms with Crippen molar-refractivity contribution in [2.24, 2.45) is 11.8 Å². The van der Waals surface area contributed by atoms with Gasteiger partial charge in [-0.05, 0) is 102 Å². The van der Waals surface area contributed by atoms with Crippen LogP contribution in [0.1, 0.15) is 74.7 Å². The second kappa shape index (κ2) is 11.2. The Morgan fingerprint density at radius 1 is 1.09 bits per heavy atom. The van der Waals surface area contributed by atoms with Crippen molar-refractivity contribution in [3.8, 4) is 0 Å². The first kappa shape index (κ1) is 26.0. The van der Waals surface area contributed by atoms with Crippen LogP contribution in [0.3, 0.4) is 0 Å². The molecule has 0 radical (unpaired) electrons. The molecule has 0 spiro atoms. The zero-order valence-corrected chi connectivity index (χ0v) is 21.1. The second-order valence-electron chi connectivity index (χ2n) is 9.40. The van der Waals surface area contributed by atoms with Crippen LogP contribution in [0.4, 0.5) is 13.2 Å². The third-order valence-electron chi connectivity index (χ3n) is 6.51. The van der Waals surface area contributed by atoms with Crippen molar-refractivity contribution in [3.05, 3.63) is 68.8 Å². The van der Waals surface area contributed by atoms with Crippen LogP contribution in [0.15, 0.2) is 48.5 Å². The first-order chi connectivity index (χ1) is 15.5. The molecule has 0 bridgehead atoms. The summed E-state index contributed by atoms with van der Waals surface area (Å²) >= 11 is 2.28. The monoisotopic (exact) mass is 573 g/mol. The molecule has 1 N–H and O–H groups in total. The molecule has 3 atom stereocenters. The maximum Gasteiger partial charge on any atom is 0.416 e. The van der Waals surface area contributed by atoms with Gasteiger partial charge >= 0.3 is 12.1 Å². The molecule has 3 rings (SSSR count). The lowest BCUT2D eigenvalue weighted by Crippen LogP contribution is -2.40. The van der Waals surface area contributed by atoms with Crippen molar-refractivity contribution < 1.29 is 23.1 Å². The maximum atomic E-state index is 13.1. The lowest BCUT2D eigenvalue weighted by molar-refractivity contribution is -0.139. The number of halogens is 4. The summed E-state index contributed by atoms with van der Waals surface area (Å²) in [7, 11) is 0. The molecule has 3 nitrogen and oxygen atoms in total. The molecule has 1 fully saturated rings. The van der Waals surface area contributed by atoms with Gasteiger partial charge in [0.05, 0.1) is 5.56 Å². The Balaban J connectivity index is 1.96. The Labute approximate surface area is 207 Å². The number of likely N-dealkylation sites (tertiary alicyclic amines) is 1. The normalized spacial score (nSPS) is 20.7. The van der Waals surface area contributed by atoms with Crippen molar-refractivity contribution in [1.29, 1.82) is 0 Å². The van der Waals surface area contributed by atoms with Gasteiger partial charge in [0.15, 0.2) is 0 Å². The van der Waals surface area contributed by atoms with Gasteiger partial charge in [0, 0.05) is 22.1 Å². The minimum absolute atomic E-state index is 0.00788. The van der Waals surface area contributed by atoms with E-state index in [1.165, 1.54) is 5.56 Å². The summed E-state index contributed by atoms with van der Waals surface area (Å²) in [5, 5.41) is 9.33. The number of benzene rings is 2. The topological polar surface area (TPSA) is 40.5 Å². The van der Waals surface area contributed by atoms with E-state index in [0.29, 0.717) is 12.3 Å². The summed E-state index contributed by atoms with van der Waals surface area (Å²) in [4.78, 5) is 13.8. The highest BCUT2D eigenvalue weighted by molar-refractivity contribution is 14.1. The molecule has 0 unspecified atom stereocenters. The summed E-state index contributed by atoms with van der Waals surface area (Å²) in [5.74, 6) is -0.285. The van der Waals surface area contributed by atoms with Crippen LogP contribution < -0.4 is 0 Å². The number of rotatable bonds is 8. The number of aliphatic carboxylic acids is 1. The Morgan fingerprint density at radius 2 is 1.73 bits per heavy atom. The fraction of sp³-hybridized carbons (Fsp3) is 0.500. The third-order valence-corrected chi connectivity index (χ3v) is 7.23. The van der Waals surface area contributed by atoms with Crippen LogP contribution >= 0.6 is 22.6 Å². The van der Waals surface area contributed by atoms with E-state index in [1.54, 1.807) is 12.1 Å². The number of alkyl halides is 3. The number of carbonyl (C=O) groups is 1. The Hall–Kier alpha value is -1.61. The van der Waals surface area contributed by atoms with Crippen LogP contribution in [0.25, 0.3) is 0 Å². The fourth-order valence-corrected chi connectivity index (χ4v) is 5.14. The van der Waals surface area contributed by atoms with Gasteiger partial charge in [-0.2, -0.15) is 13.2 Å². The number of carboxylic acids is 1. The zero-order valence-electron chi connectivity index (χ0n) is 19.0. The summed E-state index contributed by atoms with van der Waals surface area (Å²) in [6.07, 6.45) is -0.917. The number of carboxylic acid groups (broad SMARTS) is 1. The van der Waals surface area contributed by atoms with Gasteiger partial charge in [-0.1, -0.05) is 38.1 Å². The fourth-order valence-electron chi connectivity index (χ4n) is 4.78. The molecule has 1 aliphatic heterocycles. The molecule has 1 heterocycles. The van der Waals surface area contributed by atoms with E-state index in [9.17, 15) is 23.1 Å². The SMILES string of the molecule is CC(C)CC[C@@H](c1ccc(I)cc1)N1CC[C@H](CC(=O)O)C[C@@H]1c1ccc(C(F)(F)F)cc1. The predicted molar refractivity (Wildman–Crippen MR) is 132 cm³/mol. The molecule has 0 saturated carbocycles. The van der Waals surface area contributed by atoms with E-state index in [0.717, 1.165) is 47.1 Å². The van der Waals surface area contributed by atoms with Crippen LogP contribution in [0.2, 0.25) is 0 Å². The molecule has 0 aromatic heterocycles.